The molecule has 1 aromatic carbocycles. The molecule has 0 saturated carbocycles. The zero-order chi connectivity index (χ0) is 10.7. The molecule has 1 aromatic rings. The highest BCUT2D eigenvalue weighted by molar-refractivity contribution is 6.33. The molecule has 0 atom stereocenters. The van der Waals surface area contributed by atoms with Gasteiger partial charge in [0.2, 0.25) is 0 Å². The fourth-order valence-corrected chi connectivity index (χ4v) is 1.37. The molecular formula is C11H17ClN2. The highest BCUT2D eigenvalue weighted by Gasteiger charge is 2.03. The summed E-state index contributed by atoms with van der Waals surface area (Å²) < 4.78 is 0. The number of nitrogens with two attached hydrogens (primary N) is 1. The molecular weight excluding hydrogens is 196 g/mol. The minimum Gasteiger partial charge on any atom is -0.398 e. The van der Waals surface area contributed by atoms with Crippen LogP contribution in [0.4, 0.5) is 11.4 Å². The average Bonchev–Trinajstić information content (AvgIpc) is 2.09. The van der Waals surface area contributed by atoms with Gasteiger partial charge < -0.3 is 11.1 Å². The van der Waals surface area contributed by atoms with Gasteiger partial charge in [-0.05, 0) is 30.5 Å². The smallest absolute Gasteiger partial charge is 0.0656 e. The summed E-state index contributed by atoms with van der Waals surface area (Å²) in [6.07, 6.45) is 0. The van der Waals surface area contributed by atoms with E-state index in [4.69, 9.17) is 17.3 Å². The van der Waals surface area contributed by atoms with E-state index in [1.807, 2.05) is 19.1 Å². The van der Waals surface area contributed by atoms with Crippen molar-refractivity contribution in [3.8, 4) is 0 Å². The largest absolute Gasteiger partial charge is 0.398 e. The Bertz CT molecular complexity index is 321. The molecule has 78 valence electrons. The highest BCUT2D eigenvalue weighted by atomic mass is 35.5. The SMILES string of the molecule is Cc1cc(N)c(Cl)cc1NCC(C)C. The number of anilines is 2. The Kier molecular flexibility index (Phi) is 3.64. The first-order valence-electron chi connectivity index (χ1n) is 4.80. The molecule has 0 amide bonds. The summed E-state index contributed by atoms with van der Waals surface area (Å²) in [7, 11) is 0. The zero-order valence-electron chi connectivity index (χ0n) is 8.89. The molecule has 1 rings (SSSR count). The van der Waals surface area contributed by atoms with Gasteiger partial charge in [-0.3, -0.25) is 0 Å². The van der Waals surface area contributed by atoms with Gasteiger partial charge in [-0.1, -0.05) is 25.4 Å². The average molecular weight is 213 g/mol. The van der Waals surface area contributed by atoms with Crippen LogP contribution in [0.15, 0.2) is 12.1 Å². The normalized spacial score (nSPS) is 10.6. The predicted molar refractivity (Wildman–Crippen MR) is 63.9 cm³/mol. The van der Waals surface area contributed by atoms with Gasteiger partial charge in [0.15, 0.2) is 0 Å². The standard InChI is InChI=1S/C11H17ClN2/c1-7(2)6-14-11-5-9(12)10(13)4-8(11)3/h4-5,7,14H,6,13H2,1-3H3. The molecule has 0 aliphatic rings. The molecule has 0 aliphatic carbocycles. The van der Waals surface area contributed by atoms with Gasteiger partial charge in [-0.25, -0.2) is 0 Å². The lowest BCUT2D eigenvalue weighted by Gasteiger charge is -2.12. The van der Waals surface area contributed by atoms with Gasteiger partial charge in [0.1, 0.15) is 0 Å². The molecule has 2 nitrogen and oxygen atoms in total. The Balaban J connectivity index is 2.82. The molecule has 3 heteroatoms. The van der Waals surface area contributed by atoms with Crippen LogP contribution < -0.4 is 11.1 Å². The van der Waals surface area contributed by atoms with E-state index in [9.17, 15) is 0 Å². The summed E-state index contributed by atoms with van der Waals surface area (Å²) in [5.74, 6) is 0.616. The molecule has 0 spiro atoms. The summed E-state index contributed by atoms with van der Waals surface area (Å²) in [5.41, 5.74) is 8.52. The Morgan fingerprint density at radius 3 is 2.64 bits per heavy atom. The third-order valence-electron chi connectivity index (χ3n) is 2.04. The maximum absolute atomic E-state index is 5.94. The van der Waals surface area contributed by atoms with Crippen LogP contribution in [-0.2, 0) is 0 Å². The first-order valence-corrected chi connectivity index (χ1v) is 5.18. The fraction of sp³-hybridized carbons (Fsp3) is 0.455. The van der Waals surface area contributed by atoms with Gasteiger partial charge in [-0.15, -0.1) is 0 Å². The first-order chi connectivity index (χ1) is 6.50. The quantitative estimate of drug-likeness (QED) is 0.755. The topological polar surface area (TPSA) is 38.0 Å². The number of halogens is 1. The minimum absolute atomic E-state index is 0.613. The van der Waals surface area contributed by atoms with Crippen molar-refractivity contribution >= 4 is 23.0 Å². The fourth-order valence-electron chi connectivity index (χ4n) is 1.21. The molecule has 0 aromatic heterocycles. The van der Waals surface area contributed by atoms with Crippen molar-refractivity contribution in [1.29, 1.82) is 0 Å². The van der Waals surface area contributed by atoms with Crippen LogP contribution in [0.3, 0.4) is 0 Å². The molecule has 0 aliphatic heterocycles. The van der Waals surface area contributed by atoms with Crippen molar-refractivity contribution in [2.24, 2.45) is 5.92 Å². The van der Waals surface area contributed by atoms with E-state index in [0.29, 0.717) is 16.6 Å². The van der Waals surface area contributed by atoms with Crippen LogP contribution >= 0.6 is 11.6 Å². The second-order valence-electron chi connectivity index (χ2n) is 3.96. The summed E-state index contributed by atoms with van der Waals surface area (Å²) in [6, 6.07) is 3.78. The number of hydrogen-bond acceptors (Lipinski definition) is 2. The van der Waals surface area contributed by atoms with Crippen molar-refractivity contribution < 1.29 is 0 Å². The number of nitrogen functional groups attached to an aromatic ring is 1. The number of aryl methyl sites for hydroxylation is 1. The van der Waals surface area contributed by atoms with Crippen LogP contribution in [-0.4, -0.2) is 6.54 Å². The summed E-state index contributed by atoms with van der Waals surface area (Å²) >= 11 is 5.94. The van der Waals surface area contributed by atoms with E-state index in [1.165, 1.54) is 0 Å². The lowest BCUT2D eigenvalue weighted by molar-refractivity contribution is 0.688. The molecule has 0 heterocycles. The van der Waals surface area contributed by atoms with Crippen molar-refractivity contribution in [1.82, 2.24) is 0 Å². The van der Waals surface area contributed by atoms with E-state index >= 15 is 0 Å². The summed E-state index contributed by atoms with van der Waals surface area (Å²) in [4.78, 5) is 0. The molecule has 0 saturated heterocycles. The lowest BCUT2D eigenvalue weighted by Crippen LogP contribution is -2.09. The molecule has 0 radical (unpaired) electrons. The van der Waals surface area contributed by atoms with Crippen molar-refractivity contribution in [3.05, 3.63) is 22.7 Å². The van der Waals surface area contributed by atoms with E-state index < -0.39 is 0 Å². The lowest BCUT2D eigenvalue weighted by atomic mass is 10.1. The van der Waals surface area contributed by atoms with Crippen LogP contribution in [0.1, 0.15) is 19.4 Å². The van der Waals surface area contributed by atoms with Crippen LogP contribution in [0.2, 0.25) is 5.02 Å². The van der Waals surface area contributed by atoms with Crippen molar-refractivity contribution in [2.75, 3.05) is 17.6 Å². The van der Waals surface area contributed by atoms with Crippen LogP contribution in [0.5, 0.6) is 0 Å². The van der Waals surface area contributed by atoms with Crippen LogP contribution in [0.25, 0.3) is 0 Å². The Labute approximate surface area is 90.4 Å². The van der Waals surface area contributed by atoms with Crippen molar-refractivity contribution in [3.63, 3.8) is 0 Å². The molecule has 0 fully saturated rings. The maximum atomic E-state index is 5.94. The van der Waals surface area contributed by atoms with E-state index in [0.717, 1.165) is 17.8 Å². The zero-order valence-corrected chi connectivity index (χ0v) is 9.65. The number of nitrogens with one attached hydrogen (secondary N) is 1. The Hall–Kier alpha value is -0.890. The highest BCUT2D eigenvalue weighted by Crippen LogP contribution is 2.26. The monoisotopic (exact) mass is 212 g/mol. The van der Waals surface area contributed by atoms with Gasteiger partial charge >= 0.3 is 0 Å². The van der Waals surface area contributed by atoms with Crippen molar-refractivity contribution in [2.45, 2.75) is 20.8 Å². The maximum Gasteiger partial charge on any atom is 0.0656 e. The third-order valence-corrected chi connectivity index (χ3v) is 2.37. The minimum atomic E-state index is 0.613. The van der Waals surface area contributed by atoms with E-state index in [1.54, 1.807) is 0 Å². The molecule has 14 heavy (non-hydrogen) atoms. The predicted octanol–water partition coefficient (Wildman–Crippen LogP) is 3.30. The van der Waals surface area contributed by atoms with E-state index in [2.05, 4.69) is 19.2 Å². The number of benzene rings is 1. The molecule has 0 unspecified atom stereocenters. The molecule has 3 N–H and O–H groups in total. The third kappa shape index (κ3) is 2.81. The van der Waals surface area contributed by atoms with Gasteiger partial charge in [-0.2, -0.15) is 0 Å². The van der Waals surface area contributed by atoms with Gasteiger partial charge in [0.25, 0.3) is 0 Å². The summed E-state index contributed by atoms with van der Waals surface area (Å²) in [6.45, 7) is 7.30. The summed E-state index contributed by atoms with van der Waals surface area (Å²) in [5, 5.41) is 3.95. The van der Waals surface area contributed by atoms with Gasteiger partial charge in [0, 0.05) is 12.2 Å². The first kappa shape index (κ1) is 11.2. The number of rotatable bonds is 3. The second-order valence-corrected chi connectivity index (χ2v) is 4.37. The van der Waals surface area contributed by atoms with Gasteiger partial charge in [0.05, 0.1) is 10.7 Å². The van der Waals surface area contributed by atoms with E-state index in [-0.39, 0.29) is 0 Å². The second kappa shape index (κ2) is 4.56. The number of hydrogen-bond donors (Lipinski definition) is 2. The van der Waals surface area contributed by atoms with Crippen LogP contribution in [0, 0.1) is 12.8 Å². The Morgan fingerprint density at radius 1 is 1.43 bits per heavy atom. The molecule has 0 bridgehead atoms. The Morgan fingerprint density at radius 2 is 2.07 bits per heavy atom.